The van der Waals surface area contributed by atoms with E-state index in [-0.39, 0.29) is 17.6 Å². The molecule has 1 unspecified atom stereocenters. The molecule has 0 radical (unpaired) electrons. The van der Waals surface area contributed by atoms with E-state index in [0.29, 0.717) is 19.4 Å². The minimum absolute atomic E-state index is 0.0411. The van der Waals surface area contributed by atoms with Gasteiger partial charge in [-0.15, -0.1) is 0 Å². The van der Waals surface area contributed by atoms with Crippen LogP contribution in [0.1, 0.15) is 48.3 Å². The molecule has 0 fully saturated rings. The van der Waals surface area contributed by atoms with Crippen LogP contribution in [-0.4, -0.2) is 11.7 Å². The van der Waals surface area contributed by atoms with Crippen LogP contribution in [0.25, 0.3) is 0 Å². The Balaban J connectivity index is 1.41. The van der Waals surface area contributed by atoms with Gasteiger partial charge in [-0.05, 0) is 55.2 Å². The first kappa shape index (κ1) is 21.2. The normalized spacial score (nSPS) is 18.3. The third-order valence-electron chi connectivity index (χ3n) is 6.50. The number of carbonyl (C=O) groups excluding carboxylic acids is 2. The van der Waals surface area contributed by atoms with Gasteiger partial charge in [0.1, 0.15) is 12.4 Å². The molecule has 0 bridgehead atoms. The van der Waals surface area contributed by atoms with Crippen molar-refractivity contribution in [1.82, 2.24) is 0 Å². The monoisotopic (exact) mass is 437 g/mol. The standard InChI is InChI=1S/C29H27NO3/c1-20-10-12-21(13-11-20)19-33-24-16-14-22(15-17-24)25-18-28(32)30(23-6-3-2-4-7-23)26-8-5-9-27(31)29(25)26/h2-4,6-7,10-17,25H,5,8-9,18-19H2,1H3. The number of ether oxygens (including phenoxy) is 1. The lowest BCUT2D eigenvalue weighted by Gasteiger charge is -2.38. The Bertz CT molecular complexity index is 1190. The minimum atomic E-state index is -0.202. The van der Waals surface area contributed by atoms with E-state index < -0.39 is 0 Å². The van der Waals surface area contributed by atoms with Gasteiger partial charge in [0.05, 0.1) is 0 Å². The van der Waals surface area contributed by atoms with Crippen LogP contribution in [-0.2, 0) is 16.2 Å². The Morgan fingerprint density at radius 3 is 2.33 bits per heavy atom. The zero-order valence-electron chi connectivity index (χ0n) is 18.8. The number of rotatable bonds is 5. The van der Waals surface area contributed by atoms with Crippen molar-refractivity contribution < 1.29 is 14.3 Å². The van der Waals surface area contributed by atoms with E-state index in [9.17, 15) is 9.59 Å². The van der Waals surface area contributed by atoms with Crippen LogP contribution in [0.3, 0.4) is 0 Å². The quantitative estimate of drug-likeness (QED) is 0.484. The maximum absolute atomic E-state index is 13.2. The van der Waals surface area contributed by atoms with Crippen LogP contribution >= 0.6 is 0 Å². The van der Waals surface area contributed by atoms with Gasteiger partial charge in [-0.3, -0.25) is 14.5 Å². The molecule has 1 aliphatic heterocycles. The molecule has 4 heteroatoms. The molecule has 0 spiro atoms. The number of para-hydroxylation sites is 1. The molecule has 3 aromatic carbocycles. The van der Waals surface area contributed by atoms with Crippen molar-refractivity contribution in [1.29, 1.82) is 0 Å². The molecule has 166 valence electrons. The molecule has 5 rings (SSSR count). The number of carbonyl (C=O) groups is 2. The molecule has 2 aliphatic rings. The number of allylic oxidation sites excluding steroid dienone is 2. The summed E-state index contributed by atoms with van der Waals surface area (Å²) in [7, 11) is 0. The Morgan fingerprint density at radius 2 is 1.61 bits per heavy atom. The molecule has 1 amide bonds. The van der Waals surface area contributed by atoms with Crippen molar-refractivity contribution in [3.63, 3.8) is 0 Å². The predicted molar refractivity (Wildman–Crippen MR) is 129 cm³/mol. The summed E-state index contributed by atoms with van der Waals surface area (Å²) >= 11 is 0. The van der Waals surface area contributed by atoms with Gasteiger partial charge in [-0.25, -0.2) is 0 Å². The first-order valence-corrected chi connectivity index (χ1v) is 11.5. The minimum Gasteiger partial charge on any atom is -0.489 e. The summed E-state index contributed by atoms with van der Waals surface area (Å²) in [5.74, 6) is 0.775. The van der Waals surface area contributed by atoms with Gasteiger partial charge in [0.2, 0.25) is 5.91 Å². The second-order valence-corrected chi connectivity index (χ2v) is 8.80. The average Bonchev–Trinajstić information content (AvgIpc) is 2.84. The van der Waals surface area contributed by atoms with Crippen molar-refractivity contribution in [3.8, 4) is 5.75 Å². The van der Waals surface area contributed by atoms with Gasteiger partial charge in [0.15, 0.2) is 5.78 Å². The van der Waals surface area contributed by atoms with Crippen LogP contribution in [0, 0.1) is 6.92 Å². The largest absolute Gasteiger partial charge is 0.489 e. The van der Waals surface area contributed by atoms with Crippen molar-refractivity contribution in [2.75, 3.05) is 4.90 Å². The molecule has 33 heavy (non-hydrogen) atoms. The summed E-state index contributed by atoms with van der Waals surface area (Å²) in [5.41, 5.74) is 5.84. The second-order valence-electron chi connectivity index (χ2n) is 8.80. The van der Waals surface area contributed by atoms with E-state index in [1.807, 2.05) is 54.6 Å². The number of aryl methyl sites for hydroxylation is 1. The van der Waals surface area contributed by atoms with E-state index >= 15 is 0 Å². The highest BCUT2D eigenvalue weighted by atomic mass is 16.5. The van der Waals surface area contributed by atoms with E-state index in [4.69, 9.17) is 4.74 Å². The zero-order chi connectivity index (χ0) is 22.8. The average molecular weight is 438 g/mol. The molecular weight excluding hydrogens is 410 g/mol. The van der Waals surface area contributed by atoms with E-state index in [0.717, 1.165) is 46.7 Å². The fourth-order valence-electron chi connectivity index (χ4n) is 4.80. The molecule has 0 N–H and O–H groups in total. The molecule has 3 aromatic rings. The number of anilines is 1. The smallest absolute Gasteiger partial charge is 0.232 e. The summed E-state index contributed by atoms with van der Waals surface area (Å²) in [6.07, 6.45) is 2.37. The van der Waals surface area contributed by atoms with E-state index in [1.54, 1.807) is 4.90 Å². The molecule has 0 aromatic heterocycles. The number of hydrogen-bond acceptors (Lipinski definition) is 3. The highest BCUT2D eigenvalue weighted by Crippen LogP contribution is 2.43. The third kappa shape index (κ3) is 4.34. The van der Waals surface area contributed by atoms with Crippen molar-refractivity contribution >= 4 is 17.4 Å². The number of Topliss-reactive ketones (excluding diaryl/α,β-unsaturated/α-hetero) is 1. The summed E-state index contributed by atoms with van der Waals surface area (Å²) in [6, 6.07) is 25.8. The topological polar surface area (TPSA) is 46.6 Å². The lowest BCUT2D eigenvalue weighted by atomic mass is 9.77. The predicted octanol–water partition coefficient (Wildman–Crippen LogP) is 6.10. The fraction of sp³-hybridized carbons (Fsp3) is 0.241. The molecule has 1 aliphatic carbocycles. The van der Waals surface area contributed by atoms with Gasteiger partial charge in [0, 0.05) is 35.7 Å². The van der Waals surface area contributed by atoms with Crippen molar-refractivity contribution in [3.05, 3.63) is 107 Å². The maximum atomic E-state index is 13.2. The van der Waals surface area contributed by atoms with E-state index in [1.165, 1.54) is 5.56 Å². The van der Waals surface area contributed by atoms with Gasteiger partial charge in [-0.1, -0.05) is 60.2 Å². The van der Waals surface area contributed by atoms with Crippen molar-refractivity contribution in [2.24, 2.45) is 0 Å². The summed E-state index contributed by atoms with van der Waals surface area (Å²) in [4.78, 5) is 28.0. The zero-order valence-corrected chi connectivity index (χ0v) is 18.8. The lowest BCUT2D eigenvalue weighted by molar-refractivity contribution is -0.119. The number of amides is 1. The number of hydrogen-bond donors (Lipinski definition) is 0. The van der Waals surface area contributed by atoms with Gasteiger partial charge in [-0.2, -0.15) is 0 Å². The molecule has 4 nitrogen and oxygen atoms in total. The van der Waals surface area contributed by atoms with Crippen molar-refractivity contribution in [2.45, 2.75) is 45.1 Å². The summed E-state index contributed by atoms with van der Waals surface area (Å²) in [5, 5.41) is 0. The van der Waals surface area contributed by atoms with Gasteiger partial charge >= 0.3 is 0 Å². The number of nitrogens with zero attached hydrogens (tertiary/aromatic N) is 1. The SMILES string of the molecule is Cc1ccc(COc2ccc(C3CC(=O)N(c4ccccc4)C4=C3C(=O)CCC4)cc2)cc1. The lowest BCUT2D eigenvalue weighted by Crippen LogP contribution is -2.40. The molecule has 0 saturated heterocycles. The fourth-order valence-corrected chi connectivity index (χ4v) is 4.80. The second kappa shape index (κ2) is 9.07. The molecule has 0 saturated carbocycles. The third-order valence-corrected chi connectivity index (χ3v) is 6.50. The highest BCUT2D eigenvalue weighted by Gasteiger charge is 2.39. The summed E-state index contributed by atoms with van der Waals surface area (Å²) in [6.45, 7) is 2.57. The van der Waals surface area contributed by atoms with Crippen LogP contribution < -0.4 is 9.64 Å². The first-order chi connectivity index (χ1) is 16.1. The molecular formula is C29H27NO3. The van der Waals surface area contributed by atoms with E-state index in [2.05, 4.69) is 31.2 Å². The Kier molecular flexibility index (Phi) is 5.82. The molecule has 1 atom stereocenters. The van der Waals surface area contributed by atoms with Gasteiger partial charge < -0.3 is 4.74 Å². The Morgan fingerprint density at radius 1 is 0.879 bits per heavy atom. The number of benzene rings is 3. The van der Waals surface area contributed by atoms with Crippen LogP contribution in [0.5, 0.6) is 5.75 Å². The highest BCUT2D eigenvalue weighted by molar-refractivity contribution is 6.07. The van der Waals surface area contributed by atoms with Gasteiger partial charge in [0.25, 0.3) is 0 Å². The van der Waals surface area contributed by atoms with Crippen LogP contribution in [0.2, 0.25) is 0 Å². The Hall–Kier alpha value is -3.66. The molecule has 1 heterocycles. The maximum Gasteiger partial charge on any atom is 0.232 e. The first-order valence-electron chi connectivity index (χ1n) is 11.5. The van der Waals surface area contributed by atoms with Crippen LogP contribution in [0.15, 0.2) is 90.1 Å². The van der Waals surface area contributed by atoms with Crippen LogP contribution in [0.4, 0.5) is 5.69 Å². The Labute approximate surface area is 194 Å². The summed E-state index contributed by atoms with van der Waals surface area (Å²) < 4.78 is 5.94. The number of ketones is 1.